The maximum absolute atomic E-state index is 14.5. The Morgan fingerprint density at radius 1 is 0.821 bits per heavy atom. The molecule has 4 N–H and O–H groups in total. The number of ether oxygens (including phenoxy) is 1. The van der Waals surface area contributed by atoms with Crippen molar-refractivity contribution in [2.75, 3.05) is 7.05 Å². The normalized spacial score (nSPS) is 12.9. The fourth-order valence-corrected chi connectivity index (χ4v) is 7.91. The third-order valence-electron chi connectivity index (χ3n) is 9.53. The summed E-state index contributed by atoms with van der Waals surface area (Å²) in [5.74, 6) is 0.0126. The van der Waals surface area contributed by atoms with E-state index in [0.29, 0.717) is 38.1 Å². The van der Waals surface area contributed by atoms with Gasteiger partial charge in [-0.05, 0) is 48.4 Å². The van der Waals surface area contributed by atoms with E-state index in [4.69, 9.17) is 9.72 Å². The zero-order valence-corrected chi connectivity index (χ0v) is 33.6. The number of hydrogen-bond acceptors (Lipinski definition) is 8. The molecule has 0 fully saturated rings. The summed E-state index contributed by atoms with van der Waals surface area (Å²) in [6, 6.07) is 26.1. The van der Waals surface area contributed by atoms with Gasteiger partial charge in [0.2, 0.25) is 5.91 Å². The number of rotatable bonds is 18. The van der Waals surface area contributed by atoms with Crippen molar-refractivity contribution >= 4 is 51.6 Å². The number of aromatic nitrogens is 3. The summed E-state index contributed by atoms with van der Waals surface area (Å²) >= 11 is 3.01. The molecule has 0 spiro atoms. The highest BCUT2D eigenvalue weighted by Gasteiger charge is 2.27. The fourth-order valence-electron chi connectivity index (χ4n) is 6.57. The number of carbonyl (C=O) groups is 3. The Labute approximate surface area is 335 Å². The van der Waals surface area contributed by atoms with Crippen LogP contribution in [0.4, 0.5) is 9.59 Å². The summed E-state index contributed by atoms with van der Waals surface area (Å²) < 4.78 is 5.54. The topological polar surface area (TPSA) is 141 Å². The summed E-state index contributed by atoms with van der Waals surface area (Å²) in [6.07, 6.45) is 5.64. The summed E-state index contributed by atoms with van der Waals surface area (Å²) in [7, 11) is 1.71. The molecule has 4 amide bonds. The number of carbonyl (C=O) groups excluding carboxylic acids is 3. The first-order valence-corrected chi connectivity index (χ1v) is 20.7. The van der Waals surface area contributed by atoms with Gasteiger partial charge in [0, 0.05) is 60.1 Å². The van der Waals surface area contributed by atoms with E-state index in [9.17, 15) is 14.4 Å². The van der Waals surface area contributed by atoms with E-state index in [-0.39, 0.29) is 37.0 Å². The third kappa shape index (κ3) is 11.7. The van der Waals surface area contributed by atoms with E-state index >= 15 is 0 Å². The number of benzene rings is 3. The molecule has 6 aromatic rings. The Morgan fingerprint density at radius 3 is 2.12 bits per heavy atom. The van der Waals surface area contributed by atoms with E-state index in [1.165, 1.54) is 11.3 Å². The lowest BCUT2D eigenvalue weighted by Crippen LogP contribution is -2.53. The van der Waals surface area contributed by atoms with Crippen LogP contribution < -0.4 is 16.0 Å². The van der Waals surface area contributed by atoms with E-state index in [0.717, 1.165) is 43.2 Å². The van der Waals surface area contributed by atoms with Crippen LogP contribution in [0, 0.1) is 0 Å². The van der Waals surface area contributed by atoms with Gasteiger partial charge >= 0.3 is 12.1 Å². The molecular formula is C43H49N7O4S2. The molecule has 3 heterocycles. The van der Waals surface area contributed by atoms with Gasteiger partial charge in [-0.3, -0.25) is 9.78 Å². The number of amides is 4. The molecule has 0 unspecified atom stereocenters. The number of nitrogens with zero attached hydrogens (tertiary/aromatic N) is 3. The molecule has 3 atom stereocenters. The lowest BCUT2D eigenvalue weighted by molar-refractivity contribution is -0.123. The first-order chi connectivity index (χ1) is 27.2. The van der Waals surface area contributed by atoms with Crippen LogP contribution in [0.1, 0.15) is 64.9 Å². The molecule has 6 rings (SSSR count). The molecule has 11 nitrogen and oxygen atoms in total. The minimum Gasteiger partial charge on any atom is -0.444 e. The quantitative estimate of drug-likeness (QED) is 0.0696. The Morgan fingerprint density at radius 2 is 1.48 bits per heavy atom. The third-order valence-corrected chi connectivity index (χ3v) is 11.5. The van der Waals surface area contributed by atoms with Gasteiger partial charge in [-0.1, -0.05) is 92.7 Å². The Kier molecular flexibility index (Phi) is 14.2. The molecule has 0 radical (unpaired) electrons. The summed E-state index contributed by atoms with van der Waals surface area (Å²) in [6.45, 7) is 4.65. The van der Waals surface area contributed by atoms with E-state index in [1.54, 1.807) is 35.0 Å². The van der Waals surface area contributed by atoms with Gasteiger partial charge < -0.3 is 30.6 Å². The van der Waals surface area contributed by atoms with Gasteiger partial charge in [0.1, 0.15) is 12.6 Å². The number of alkyl carbamates (subject to hydrolysis) is 1. The highest BCUT2D eigenvalue weighted by molar-refractivity contribution is 7.09. The lowest BCUT2D eigenvalue weighted by atomic mass is 9.95. The molecule has 0 saturated heterocycles. The number of H-pyrrole nitrogens is 1. The standard InChI is InChI=1S/C43H49N7O4S2/c1-29(2)41-47-35(27-55-41)25-50(3)42(52)49-39(22-32-23-45-38-17-11-10-16-37(32)38)40(51)46-33(20-30-12-6-4-7-13-30)18-19-34(21-31-14-8-5-9-15-31)48-43(53)54-26-36-24-44-28-56-36/h4-17,23-24,27-29,33-34,39,45H,18-22,25-26H2,1-3H3,(H,46,51)(H,48,53)(H,49,52)/t33-,34-,39+/m1/s1. The number of thiazole rings is 2. The smallest absolute Gasteiger partial charge is 0.407 e. The van der Waals surface area contributed by atoms with Crippen molar-refractivity contribution in [1.29, 1.82) is 0 Å². The lowest BCUT2D eigenvalue weighted by Gasteiger charge is -2.27. The fraction of sp³-hybridized carbons (Fsp3) is 0.326. The van der Waals surface area contributed by atoms with Crippen LogP contribution in [0.5, 0.6) is 0 Å². The van der Waals surface area contributed by atoms with Gasteiger partial charge in [0.25, 0.3) is 0 Å². The van der Waals surface area contributed by atoms with E-state index in [2.05, 4.69) is 39.8 Å². The predicted octanol–water partition coefficient (Wildman–Crippen LogP) is 8.00. The molecule has 292 valence electrons. The Bertz CT molecular complexity index is 2140. The van der Waals surface area contributed by atoms with Crippen molar-refractivity contribution < 1.29 is 19.1 Å². The highest BCUT2D eigenvalue weighted by Crippen LogP contribution is 2.22. The van der Waals surface area contributed by atoms with Gasteiger partial charge in [0.05, 0.1) is 27.6 Å². The first kappa shape index (κ1) is 40.1. The van der Waals surface area contributed by atoms with Crippen molar-refractivity contribution in [3.63, 3.8) is 0 Å². The minimum absolute atomic E-state index is 0.142. The molecule has 13 heteroatoms. The summed E-state index contributed by atoms with van der Waals surface area (Å²) in [5.41, 5.74) is 6.54. The summed E-state index contributed by atoms with van der Waals surface area (Å²) in [4.78, 5) is 55.7. The maximum Gasteiger partial charge on any atom is 0.407 e. The van der Waals surface area contributed by atoms with Crippen molar-refractivity contribution in [2.24, 2.45) is 0 Å². The Hall–Kier alpha value is -5.53. The summed E-state index contributed by atoms with van der Waals surface area (Å²) in [5, 5.41) is 13.4. The molecule has 0 aliphatic carbocycles. The zero-order chi connectivity index (χ0) is 39.3. The van der Waals surface area contributed by atoms with Crippen LogP contribution in [-0.2, 0) is 41.9 Å². The number of urea groups is 1. The molecule has 3 aromatic carbocycles. The van der Waals surface area contributed by atoms with Crippen LogP contribution in [-0.4, -0.2) is 63.1 Å². The van der Waals surface area contributed by atoms with Crippen molar-refractivity contribution in [3.8, 4) is 0 Å². The van der Waals surface area contributed by atoms with Crippen LogP contribution in [0.2, 0.25) is 0 Å². The number of aromatic amines is 1. The van der Waals surface area contributed by atoms with Crippen molar-refractivity contribution in [2.45, 2.75) is 83.1 Å². The van der Waals surface area contributed by atoms with E-state index in [1.807, 2.05) is 96.5 Å². The average Bonchev–Trinajstić information content (AvgIpc) is 3.99. The first-order valence-electron chi connectivity index (χ1n) is 18.9. The molecule has 0 saturated carbocycles. The molecule has 0 aliphatic heterocycles. The van der Waals surface area contributed by atoms with Crippen LogP contribution >= 0.6 is 22.7 Å². The van der Waals surface area contributed by atoms with Gasteiger partial charge in [-0.2, -0.15) is 0 Å². The second-order valence-corrected chi connectivity index (χ2v) is 16.2. The number of nitrogens with one attached hydrogen (secondary N) is 4. The minimum atomic E-state index is -0.871. The van der Waals surface area contributed by atoms with Crippen molar-refractivity contribution in [1.82, 2.24) is 35.8 Å². The molecule has 56 heavy (non-hydrogen) atoms. The SMILES string of the molecule is CC(C)c1nc(CN(C)C(=O)N[C@@H](Cc2c[nH]c3ccccc23)C(=O)N[C@H](CC[C@H](Cc2ccccc2)NC(=O)OCc2cncs2)Cc2ccccc2)cs1. The molecule has 3 aromatic heterocycles. The monoisotopic (exact) mass is 791 g/mol. The van der Waals surface area contributed by atoms with Crippen LogP contribution in [0.3, 0.4) is 0 Å². The highest BCUT2D eigenvalue weighted by atomic mass is 32.1. The molecular weight excluding hydrogens is 743 g/mol. The predicted molar refractivity (Wildman–Crippen MR) is 223 cm³/mol. The number of para-hydroxylation sites is 1. The van der Waals surface area contributed by atoms with Gasteiger partial charge in [-0.25, -0.2) is 14.6 Å². The average molecular weight is 792 g/mol. The van der Waals surface area contributed by atoms with E-state index < -0.39 is 12.1 Å². The second-order valence-electron chi connectivity index (χ2n) is 14.3. The maximum atomic E-state index is 14.5. The molecule has 0 aliphatic rings. The zero-order valence-electron chi connectivity index (χ0n) is 31.9. The number of fused-ring (bicyclic) bond motifs is 1. The van der Waals surface area contributed by atoms with Crippen molar-refractivity contribution in [3.05, 3.63) is 140 Å². The van der Waals surface area contributed by atoms with Gasteiger partial charge in [0.15, 0.2) is 0 Å². The van der Waals surface area contributed by atoms with Crippen LogP contribution in [0.15, 0.2) is 108 Å². The second kappa shape index (κ2) is 19.9. The number of hydrogen-bond donors (Lipinski definition) is 4. The largest absolute Gasteiger partial charge is 0.444 e. The Balaban J connectivity index is 1.19. The molecule has 0 bridgehead atoms. The van der Waals surface area contributed by atoms with Gasteiger partial charge in [-0.15, -0.1) is 22.7 Å². The van der Waals surface area contributed by atoms with Crippen LogP contribution in [0.25, 0.3) is 10.9 Å².